The van der Waals surface area contributed by atoms with Crippen molar-refractivity contribution in [3.8, 4) is 0 Å². The van der Waals surface area contributed by atoms with Crippen LogP contribution in [0.25, 0.3) is 10.9 Å². The number of aromatic nitrogens is 1. The van der Waals surface area contributed by atoms with Crippen molar-refractivity contribution in [1.82, 2.24) is 4.57 Å². The van der Waals surface area contributed by atoms with Crippen molar-refractivity contribution in [2.75, 3.05) is 0 Å². The third kappa shape index (κ3) is 2.17. The molecule has 18 heavy (non-hydrogen) atoms. The van der Waals surface area contributed by atoms with Crippen molar-refractivity contribution in [3.63, 3.8) is 0 Å². The smallest absolute Gasteiger partial charge is 0.163 e. The Balaban J connectivity index is 2.70. The lowest BCUT2D eigenvalue weighted by atomic mass is 10.1. The summed E-state index contributed by atoms with van der Waals surface area (Å²) in [6.07, 6.45) is 2.17. The number of ketones is 1. The largest absolute Gasteiger partial charge is 0.331 e. The van der Waals surface area contributed by atoms with E-state index in [-0.39, 0.29) is 5.78 Å². The highest BCUT2D eigenvalue weighted by Crippen LogP contribution is 2.31. The Hall–Kier alpha value is -1.28. The second kappa shape index (κ2) is 5.15. The van der Waals surface area contributed by atoms with Gasteiger partial charge in [0.2, 0.25) is 0 Å². The van der Waals surface area contributed by atoms with Crippen molar-refractivity contribution in [2.24, 2.45) is 0 Å². The minimum atomic E-state index is 0.0316. The fourth-order valence-electron chi connectivity index (χ4n) is 2.30. The Morgan fingerprint density at radius 3 is 2.72 bits per heavy atom. The van der Waals surface area contributed by atoms with Crippen LogP contribution in [-0.4, -0.2) is 10.4 Å². The molecule has 96 valence electrons. The van der Waals surface area contributed by atoms with Gasteiger partial charge in [0.1, 0.15) is 5.15 Å². The van der Waals surface area contributed by atoms with E-state index in [9.17, 15) is 4.79 Å². The van der Waals surface area contributed by atoms with E-state index in [0.717, 1.165) is 30.3 Å². The maximum atomic E-state index is 11.8. The quantitative estimate of drug-likeness (QED) is 0.739. The Bertz CT molecular complexity index is 598. The minimum Gasteiger partial charge on any atom is -0.331 e. The number of unbranched alkanes of at least 4 members (excludes halogenated alkanes) is 1. The normalized spacial score (nSPS) is 11.1. The molecule has 0 unspecified atom stereocenters. The lowest BCUT2D eigenvalue weighted by molar-refractivity contribution is 0.101. The van der Waals surface area contributed by atoms with E-state index in [0.29, 0.717) is 10.7 Å². The molecule has 1 aromatic heterocycles. The average Bonchev–Trinajstić information content (AvgIpc) is 2.58. The lowest BCUT2D eigenvalue weighted by Gasteiger charge is -2.06. The second-order valence-electron chi connectivity index (χ2n) is 4.75. The van der Waals surface area contributed by atoms with Gasteiger partial charge in [-0.15, -0.1) is 0 Å². The van der Waals surface area contributed by atoms with Gasteiger partial charge in [-0.05, 0) is 31.9 Å². The van der Waals surface area contributed by atoms with Crippen molar-refractivity contribution in [3.05, 3.63) is 34.5 Å². The molecule has 0 atom stereocenters. The molecule has 0 aliphatic rings. The fraction of sp³-hybridized carbons (Fsp3) is 0.400. The van der Waals surface area contributed by atoms with Gasteiger partial charge in [0.25, 0.3) is 0 Å². The van der Waals surface area contributed by atoms with Crippen LogP contribution in [0.15, 0.2) is 18.2 Å². The molecule has 0 saturated heterocycles. The Morgan fingerprint density at radius 2 is 2.11 bits per heavy atom. The predicted molar refractivity (Wildman–Crippen MR) is 76.6 cm³/mol. The fourth-order valence-corrected chi connectivity index (χ4v) is 2.71. The zero-order valence-electron chi connectivity index (χ0n) is 11.1. The van der Waals surface area contributed by atoms with Crippen molar-refractivity contribution in [2.45, 2.75) is 40.2 Å². The van der Waals surface area contributed by atoms with E-state index >= 15 is 0 Å². The first-order valence-corrected chi connectivity index (χ1v) is 6.73. The maximum Gasteiger partial charge on any atom is 0.163 e. The van der Waals surface area contributed by atoms with E-state index in [1.807, 2.05) is 12.1 Å². The molecule has 0 fully saturated rings. The summed E-state index contributed by atoms with van der Waals surface area (Å²) in [5.41, 5.74) is 2.91. The van der Waals surface area contributed by atoms with Crippen molar-refractivity contribution in [1.29, 1.82) is 0 Å². The number of benzene rings is 1. The van der Waals surface area contributed by atoms with Crippen LogP contribution < -0.4 is 0 Å². The Morgan fingerprint density at radius 1 is 1.39 bits per heavy atom. The molecule has 1 aromatic carbocycles. The number of fused-ring (bicyclic) bond motifs is 1. The van der Waals surface area contributed by atoms with Crippen LogP contribution in [0, 0.1) is 6.92 Å². The van der Waals surface area contributed by atoms with Crippen LogP contribution in [0.3, 0.4) is 0 Å². The van der Waals surface area contributed by atoms with E-state index in [1.165, 1.54) is 5.56 Å². The number of Topliss-reactive ketones (excluding diaryl/α,β-unsaturated/α-hetero) is 1. The Labute approximate surface area is 113 Å². The number of carbonyl (C=O) groups excluding carboxylic acids is 1. The van der Waals surface area contributed by atoms with E-state index in [2.05, 4.69) is 24.5 Å². The summed E-state index contributed by atoms with van der Waals surface area (Å²) in [6, 6.07) is 6.12. The molecule has 2 aromatic rings. The monoisotopic (exact) mass is 263 g/mol. The minimum absolute atomic E-state index is 0.0316. The first kappa shape index (κ1) is 13.2. The van der Waals surface area contributed by atoms with Gasteiger partial charge in [0.15, 0.2) is 5.78 Å². The third-order valence-electron chi connectivity index (χ3n) is 3.24. The van der Waals surface area contributed by atoms with E-state index < -0.39 is 0 Å². The molecular formula is C15H18ClNO. The predicted octanol–water partition coefficient (Wildman–Crippen LogP) is 4.61. The zero-order valence-corrected chi connectivity index (χ0v) is 11.8. The molecular weight excluding hydrogens is 246 g/mol. The van der Waals surface area contributed by atoms with E-state index in [1.54, 1.807) is 6.92 Å². The molecule has 0 spiro atoms. The zero-order chi connectivity index (χ0) is 13.3. The summed E-state index contributed by atoms with van der Waals surface area (Å²) in [6.45, 7) is 6.64. The van der Waals surface area contributed by atoms with Gasteiger partial charge in [0.05, 0.1) is 11.1 Å². The molecule has 2 rings (SSSR count). The number of rotatable bonds is 4. The molecule has 0 saturated carbocycles. The highest BCUT2D eigenvalue weighted by Gasteiger charge is 2.18. The first-order chi connectivity index (χ1) is 8.56. The van der Waals surface area contributed by atoms with Crippen LogP contribution in [-0.2, 0) is 6.54 Å². The van der Waals surface area contributed by atoms with Gasteiger partial charge in [-0.3, -0.25) is 4.79 Å². The van der Waals surface area contributed by atoms with Gasteiger partial charge in [-0.2, -0.15) is 0 Å². The van der Waals surface area contributed by atoms with Crippen LogP contribution in [0.1, 0.15) is 42.6 Å². The molecule has 3 heteroatoms. The van der Waals surface area contributed by atoms with Gasteiger partial charge >= 0.3 is 0 Å². The van der Waals surface area contributed by atoms with Gasteiger partial charge in [-0.1, -0.05) is 37.1 Å². The molecule has 0 amide bonds. The summed E-state index contributed by atoms with van der Waals surface area (Å²) in [5.74, 6) is 0.0316. The number of carbonyl (C=O) groups is 1. The van der Waals surface area contributed by atoms with Gasteiger partial charge < -0.3 is 4.57 Å². The molecule has 0 aliphatic heterocycles. The molecule has 1 heterocycles. The standard InChI is InChI=1S/C15H18ClNO/c1-4-5-8-17-13-9-10(2)6-7-12(13)14(11(3)18)15(17)16/h6-7,9H,4-5,8H2,1-3H3. The van der Waals surface area contributed by atoms with Crippen molar-refractivity contribution < 1.29 is 4.79 Å². The average molecular weight is 264 g/mol. The lowest BCUT2D eigenvalue weighted by Crippen LogP contribution is -1.99. The van der Waals surface area contributed by atoms with Crippen LogP contribution in [0.4, 0.5) is 0 Å². The Kier molecular flexibility index (Phi) is 3.76. The molecule has 0 bridgehead atoms. The summed E-state index contributed by atoms with van der Waals surface area (Å²) in [7, 11) is 0. The highest BCUT2D eigenvalue weighted by atomic mass is 35.5. The van der Waals surface area contributed by atoms with Crippen LogP contribution in [0.5, 0.6) is 0 Å². The molecule has 0 aliphatic carbocycles. The third-order valence-corrected chi connectivity index (χ3v) is 3.64. The molecule has 0 N–H and O–H groups in total. The molecule has 2 nitrogen and oxygen atoms in total. The highest BCUT2D eigenvalue weighted by molar-refractivity contribution is 6.35. The number of aryl methyl sites for hydroxylation is 2. The summed E-state index contributed by atoms with van der Waals surface area (Å²) < 4.78 is 2.06. The summed E-state index contributed by atoms with van der Waals surface area (Å²) in [4.78, 5) is 11.8. The first-order valence-electron chi connectivity index (χ1n) is 6.35. The van der Waals surface area contributed by atoms with Crippen LogP contribution >= 0.6 is 11.6 Å². The van der Waals surface area contributed by atoms with E-state index in [4.69, 9.17) is 11.6 Å². The number of hydrogen-bond acceptors (Lipinski definition) is 1. The SMILES string of the molecule is CCCCn1c(Cl)c(C(C)=O)c2ccc(C)cc21. The van der Waals surface area contributed by atoms with Gasteiger partial charge in [0, 0.05) is 11.9 Å². The van der Waals surface area contributed by atoms with Gasteiger partial charge in [-0.25, -0.2) is 0 Å². The molecule has 0 radical (unpaired) electrons. The van der Waals surface area contributed by atoms with Crippen molar-refractivity contribution >= 4 is 28.3 Å². The number of halogens is 1. The maximum absolute atomic E-state index is 11.8. The summed E-state index contributed by atoms with van der Waals surface area (Å²) in [5, 5.41) is 1.55. The second-order valence-corrected chi connectivity index (χ2v) is 5.11. The van der Waals surface area contributed by atoms with Crippen LogP contribution in [0.2, 0.25) is 5.15 Å². The number of nitrogens with zero attached hydrogens (tertiary/aromatic N) is 1. The topological polar surface area (TPSA) is 22.0 Å². The number of hydrogen-bond donors (Lipinski definition) is 0. The summed E-state index contributed by atoms with van der Waals surface area (Å²) >= 11 is 6.38.